The van der Waals surface area contributed by atoms with E-state index in [0.717, 1.165) is 24.9 Å². The third-order valence-electron chi connectivity index (χ3n) is 3.04. The quantitative estimate of drug-likeness (QED) is 0.832. The first-order chi connectivity index (χ1) is 8.05. The molecule has 1 aromatic rings. The Bertz CT molecular complexity index is 559. The zero-order chi connectivity index (χ0) is 12.5. The van der Waals surface area contributed by atoms with Gasteiger partial charge in [-0.25, -0.2) is 8.42 Å². The van der Waals surface area contributed by atoms with E-state index in [1.807, 2.05) is 19.2 Å². The van der Waals surface area contributed by atoms with Crippen LogP contribution >= 0.6 is 0 Å². The fraction of sp³-hybridized carbons (Fsp3) is 0.385. The number of benzene rings is 1. The van der Waals surface area contributed by atoms with Gasteiger partial charge in [0, 0.05) is 4.91 Å². The number of sulfone groups is 1. The molecule has 92 valence electrons. The third-order valence-corrected chi connectivity index (χ3v) is 4.96. The molecule has 0 fully saturated rings. The van der Waals surface area contributed by atoms with Crippen molar-refractivity contribution < 1.29 is 8.42 Å². The first-order valence-corrected chi connectivity index (χ1v) is 7.25. The van der Waals surface area contributed by atoms with Gasteiger partial charge in [-0.2, -0.15) is 0 Å². The molecule has 0 saturated heterocycles. The molecule has 1 aromatic carbocycles. The van der Waals surface area contributed by atoms with Crippen LogP contribution in [0.2, 0.25) is 0 Å². The molecule has 0 aromatic heterocycles. The molecular weight excluding hydrogens is 234 g/mol. The molecule has 1 aliphatic rings. The average molecular weight is 251 g/mol. The number of hydrogen-bond donors (Lipinski definition) is 1. The fourth-order valence-electron chi connectivity index (χ4n) is 2.05. The van der Waals surface area contributed by atoms with Crippen LogP contribution in [0.1, 0.15) is 24.5 Å². The molecule has 0 unspecified atom stereocenters. The summed E-state index contributed by atoms with van der Waals surface area (Å²) in [5.41, 5.74) is 2.03. The summed E-state index contributed by atoms with van der Waals surface area (Å²) in [6.45, 7) is 2.63. The summed E-state index contributed by atoms with van der Waals surface area (Å²) in [4.78, 5) is 0.896. The molecule has 2 rings (SSSR count). The second-order valence-corrected chi connectivity index (χ2v) is 6.43. The smallest absolute Gasteiger partial charge is 0.203 e. The van der Waals surface area contributed by atoms with Crippen LogP contribution in [0, 0.1) is 0 Å². The van der Waals surface area contributed by atoms with Crippen LogP contribution < -0.4 is 5.32 Å². The highest BCUT2D eigenvalue weighted by atomic mass is 32.2. The third kappa shape index (κ3) is 2.28. The Morgan fingerprint density at radius 2 is 2.06 bits per heavy atom. The van der Waals surface area contributed by atoms with Crippen molar-refractivity contribution in [2.75, 3.05) is 13.6 Å². The van der Waals surface area contributed by atoms with Crippen molar-refractivity contribution in [3.63, 3.8) is 0 Å². The summed E-state index contributed by atoms with van der Waals surface area (Å²) < 4.78 is 23.8. The van der Waals surface area contributed by atoms with Crippen molar-refractivity contribution in [3.8, 4) is 0 Å². The predicted octanol–water partition coefficient (Wildman–Crippen LogP) is 1.99. The van der Waals surface area contributed by atoms with Crippen LogP contribution in [0.25, 0.3) is 6.08 Å². The van der Waals surface area contributed by atoms with Gasteiger partial charge < -0.3 is 5.32 Å². The number of hydrogen-bond acceptors (Lipinski definition) is 3. The molecule has 0 saturated carbocycles. The second-order valence-electron chi connectivity index (χ2n) is 4.34. The van der Waals surface area contributed by atoms with Crippen molar-refractivity contribution in [2.45, 2.75) is 24.7 Å². The molecule has 0 bridgehead atoms. The Kier molecular flexibility index (Phi) is 3.35. The van der Waals surface area contributed by atoms with Gasteiger partial charge in [0.1, 0.15) is 0 Å². The topological polar surface area (TPSA) is 46.2 Å². The Hall–Kier alpha value is -1.13. The number of nitrogens with one attached hydrogen (secondary N) is 1. The Labute approximate surface area is 102 Å². The molecular formula is C13H17NO2S. The van der Waals surface area contributed by atoms with E-state index in [1.165, 1.54) is 5.56 Å². The summed E-state index contributed by atoms with van der Waals surface area (Å²) in [6.07, 6.45) is 3.79. The second kappa shape index (κ2) is 4.63. The van der Waals surface area contributed by atoms with Gasteiger partial charge in [0.15, 0.2) is 0 Å². The summed E-state index contributed by atoms with van der Waals surface area (Å²) in [5.74, 6) is 0. The highest BCUT2D eigenvalue weighted by Gasteiger charge is 2.26. The van der Waals surface area contributed by atoms with Gasteiger partial charge in [0.2, 0.25) is 9.84 Å². The zero-order valence-electron chi connectivity index (χ0n) is 10.2. The van der Waals surface area contributed by atoms with Gasteiger partial charge in [-0.05, 0) is 56.6 Å². The van der Waals surface area contributed by atoms with E-state index in [0.29, 0.717) is 9.80 Å². The largest absolute Gasteiger partial charge is 0.320 e. The summed E-state index contributed by atoms with van der Waals surface area (Å²) >= 11 is 0. The average Bonchev–Trinajstić information content (AvgIpc) is 2.50. The lowest BCUT2D eigenvalue weighted by atomic mass is 10.1. The fourth-order valence-corrected chi connectivity index (χ4v) is 3.35. The van der Waals surface area contributed by atoms with Crippen molar-refractivity contribution in [1.29, 1.82) is 0 Å². The molecule has 0 amide bonds. The zero-order valence-corrected chi connectivity index (χ0v) is 11.0. The van der Waals surface area contributed by atoms with E-state index in [4.69, 9.17) is 0 Å². The highest BCUT2D eigenvalue weighted by Crippen LogP contribution is 2.32. The number of rotatable bonds is 4. The Balaban J connectivity index is 2.26. The molecule has 0 radical (unpaired) electrons. The van der Waals surface area contributed by atoms with Crippen molar-refractivity contribution in [2.24, 2.45) is 0 Å². The minimum absolute atomic E-state index is 0.444. The van der Waals surface area contributed by atoms with Crippen LogP contribution in [0.4, 0.5) is 0 Å². The van der Waals surface area contributed by atoms with Crippen LogP contribution in [-0.4, -0.2) is 22.0 Å². The molecule has 0 atom stereocenters. The van der Waals surface area contributed by atoms with E-state index in [1.54, 1.807) is 19.1 Å². The van der Waals surface area contributed by atoms with Gasteiger partial charge in [-0.15, -0.1) is 0 Å². The molecule has 0 spiro atoms. The van der Waals surface area contributed by atoms with E-state index in [2.05, 4.69) is 5.32 Å². The lowest BCUT2D eigenvalue weighted by molar-refractivity contribution is 0.603. The van der Waals surface area contributed by atoms with Crippen LogP contribution in [0.5, 0.6) is 0 Å². The monoisotopic (exact) mass is 251 g/mol. The number of aryl methyl sites for hydroxylation is 1. The predicted molar refractivity (Wildman–Crippen MR) is 69.5 cm³/mol. The van der Waals surface area contributed by atoms with E-state index < -0.39 is 9.84 Å². The standard InChI is InChI=1S/C13H17NO2S/c1-10-8-12-9-11(4-3-7-14-2)5-6-13(12)17(10,15)16/h5-6,8-9,14H,3-4,7H2,1-2H3. The normalized spacial score (nSPS) is 16.7. The maximum Gasteiger partial charge on any atom is 0.203 e. The van der Waals surface area contributed by atoms with Gasteiger partial charge >= 0.3 is 0 Å². The maximum absolute atomic E-state index is 11.9. The molecule has 1 heterocycles. The molecule has 17 heavy (non-hydrogen) atoms. The van der Waals surface area contributed by atoms with Gasteiger partial charge in [0.05, 0.1) is 4.90 Å². The number of allylic oxidation sites excluding steroid dienone is 1. The maximum atomic E-state index is 11.9. The summed E-state index contributed by atoms with van der Waals surface area (Å²) in [5, 5.41) is 3.10. The Morgan fingerprint density at radius 1 is 1.29 bits per heavy atom. The molecule has 4 heteroatoms. The van der Waals surface area contributed by atoms with Crippen molar-refractivity contribution in [1.82, 2.24) is 5.32 Å². The minimum atomic E-state index is -3.18. The van der Waals surface area contributed by atoms with Gasteiger partial charge in [0.25, 0.3) is 0 Å². The van der Waals surface area contributed by atoms with Crippen LogP contribution in [0.15, 0.2) is 28.0 Å². The number of fused-ring (bicyclic) bond motifs is 1. The first-order valence-electron chi connectivity index (χ1n) is 5.76. The lowest BCUT2D eigenvalue weighted by Crippen LogP contribution is -2.08. The van der Waals surface area contributed by atoms with Crippen LogP contribution in [0.3, 0.4) is 0 Å². The molecule has 1 aliphatic heterocycles. The first kappa shape index (κ1) is 12.3. The molecule has 1 N–H and O–H groups in total. The minimum Gasteiger partial charge on any atom is -0.320 e. The SMILES string of the molecule is CNCCCc1ccc2c(c1)C=C(C)S2(=O)=O. The highest BCUT2D eigenvalue weighted by molar-refractivity contribution is 7.95. The van der Waals surface area contributed by atoms with Crippen molar-refractivity contribution in [3.05, 3.63) is 34.2 Å². The lowest BCUT2D eigenvalue weighted by Gasteiger charge is -2.04. The summed E-state index contributed by atoms with van der Waals surface area (Å²) in [6, 6.07) is 5.63. The molecule has 3 nitrogen and oxygen atoms in total. The van der Waals surface area contributed by atoms with E-state index >= 15 is 0 Å². The Morgan fingerprint density at radius 3 is 2.76 bits per heavy atom. The molecule has 0 aliphatic carbocycles. The summed E-state index contributed by atoms with van der Waals surface area (Å²) in [7, 11) is -1.25. The van der Waals surface area contributed by atoms with E-state index in [-0.39, 0.29) is 0 Å². The van der Waals surface area contributed by atoms with Gasteiger partial charge in [-0.3, -0.25) is 0 Å². The van der Waals surface area contributed by atoms with Crippen molar-refractivity contribution >= 4 is 15.9 Å². The van der Waals surface area contributed by atoms with Gasteiger partial charge in [-0.1, -0.05) is 12.1 Å². The van der Waals surface area contributed by atoms with Crippen LogP contribution in [-0.2, 0) is 16.3 Å². The van der Waals surface area contributed by atoms with E-state index in [9.17, 15) is 8.42 Å².